The third kappa shape index (κ3) is 5.22. The van der Waals surface area contributed by atoms with Crippen LogP contribution in [-0.2, 0) is 14.3 Å². The highest BCUT2D eigenvalue weighted by Crippen LogP contribution is 2.44. The van der Waals surface area contributed by atoms with E-state index in [4.69, 9.17) is 4.74 Å². The van der Waals surface area contributed by atoms with Gasteiger partial charge >= 0.3 is 12.1 Å². The fraction of sp³-hybridized carbons (Fsp3) is 0.296. The second-order valence-corrected chi connectivity index (χ2v) is 9.61. The predicted molar refractivity (Wildman–Crippen MR) is 134 cm³/mol. The van der Waals surface area contributed by atoms with Gasteiger partial charge in [0.2, 0.25) is 5.91 Å². The zero-order chi connectivity index (χ0) is 24.9. The Morgan fingerprint density at radius 3 is 2.14 bits per heavy atom. The van der Waals surface area contributed by atoms with Gasteiger partial charge in [-0.25, -0.2) is 9.59 Å². The summed E-state index contributed by atoms with van der Waals surface area (Å²) >= 11 is 1.24. The van der Waals surface area contributed by atoms with E-state index in [1.165, 1.54) is 11.3 Å². The molecule has 1 aromatic heterocycles. The Bertz CT molecular complexity index is 1160. The molecule has 0 radical (unpaired) electrons. The Hall–Kier alpha value is -3.65. The van der Waals surface area contributed by atoms with Crippen LogP contribution in [-0.4, -0.2) is 35.7 Å². The molecule has 1 heterocycles. The molecule has 0 bridgehead atoms. The lowest BCUT2D eigenvalue weighted by atomic mass is 9.98. The van der Waals surface area contributed by atoms with Crippen molar-refractivity contribution < 1.29 is 24.2 Å². The van der Waals surface area contributed by atoms with Crippen molar-refractivity contribution in [2.45, 2.75) is 38.3 Å². The molecule has 1 unspecified atom stereocenters. The van der Waals surface area contributed by atoms with Crippen LogP contribution in [0.5, 0.6) is 0 Å². The fourth-order valence-corrected chi connectivity index (χ4v) is 5.18. The van der Waals surface area contributed by atoms with Crippen molar-refractivity contribution in [3.63, 3.8) is 0 Å². The van der Waals surface area contributed by atoms with E-state index in [9.17, 15) is 19.5 Å². The van der Waals surface area contributed by atoms with Crippen LogP contribution in [0.25, 0.3) is 11.1 Å². The van der Waals surface area contributed by atoms with Gasteiger partial charge in [-0.3, -0.25) is 4.79 Å². The number of hydrogen-bond acceptors (Lipinski definition) is 5. The van der Waals surface area contributed by atoms with Gasteiger partial charge in [0.15, 0.2) is 6.04 Å². The lowest BCUT2D eigenvalue weighted by molar-refractivity contribution is -0.142. The van der Waals surface area contributed by atoms with Crippen LogP contribution in [0.3, 0.4) is 0 Å². The summed E-state index contributed by atoms with van der Waals surface area (Å²) in [5, 5.41) is 16.6. The Labute approximate surface area is 208 Å². The molecule has 7 nitrogen and oxygen atoms in total. The molecule has 2 amide bonds. The van der Waals surface area contributed by atoms with Gasteiger partial charge in [-0.15, -0.1) is 11.3 Å². The number of fused-ring (bicyclic) bond motifs is 3. The lowest BCUT2D eigenvalue weighted by Gasteiger charge is -2.25. The molecule has 0 saturated heterocycles. The number of aliphatic carboxylic acids is 1. The molecule has 35 heavy (non-hydrogen) atoms. The molecule has 3 atom stereocenters. The van der Waals surface area contributed by atoms with Gasteiger partial charge in [0.1, 0.15) is 12.6 Å². The third-order valence-electron chi connectivity index (χ3n) is 6.47. The first-order chi connectivity index (χ1) is 16.9. The third-order valence-corrected chi connectivity index (χ3v) is 7.41. The first-order valence-electron chi connectivity index (χ1n) is 11.6. The molecule has 0 aliphatic heterocycles. The molecule has 1 aliphatic carbocycles. The molecular formula is C27H28N2O5S. The number of amides is 2. The van der Waals surface area contributed by atoms with Crippen molar-refractivity contribution in [3.8, 4) is 11.1 Å². The predicted octanol–water partition coefficient (Wildman–Crippen LogP) is 4.94. The summed E-state index contributed by atoms with van der Waals surface area (Å²) < 4.78 is 5.60. The van der Waals surface area contributed by atoms with Crippen LogP contribution in [0.15, 0.2) is 66.0 Å². The van der Waals surface area contributed by atoms with E-state index in [1.807, 2.05) is 50.2 Å². The Kier molecular flexibility index (Phi) is 7.51. The minimum absolute atomic E-state index is 0.0979. The maximum absolute atomic E-state index is 13.0. The topological polar surface area (TPSA) is 105 Å². The molecule has 0 fully saturated rings. The highest BCUT2D eigenvalue weighted by atomic mass is 32.1. The highest BCUT2D eigenvalue weighted by Gasteiger charge is 2.33. The number of carboxylic acid groups (broad SMARTS) is 1. The minimum atomic E-state index is -1.18. The first-order valence-corrected chi connectivity index (χ1v) is 12.5. The van der Waals surface area contributed by atoms with Crippen molar-refractivity contribution in [2.75, 3.05) is 6.61 Å². The van der Waals surface area contributed by atoms with Crippen LogP contribution < -0.4 is 10.6 Å². The van der Waals surface area contributed by atoms with E-state index < -0.39 is 30.1 Å². The number of benzene rings is 2. The van der Waals surface area contributed by atoms with Gasteiger partial charge in [-0.05, 0) is 39.6 Å². The minimum Gasteiger partial charge on any atom is -0.479 e. The Morgan fingerprint density at radius 2 is 1.60 bits per heavy atom. The number of hydrogen-bond donors (Lipinski definition) is 3. The van der Waals surface area contributed by atoms with Crippen molar-refractivity contribution in [1.29, 1.82) is 0 Å². The van der Waals surface area contributed by atoms with Gasteiger partial charge < -0.3 is 20.5 Å². The van der Waals surface area contributed by atoms with Gasteiger partial charge in [0, 0.05) is 10.8 Å². The second kappa shape index (κ2) is 10.7. The summed E-state index contributed by atoms with van der Waals surface area (Å²) in [7, 11) is 0. The Balaban J connectivity index is 1.44. The average molecular weight is 493 g/mol. The molecule has 4 rings (SSSR count). The van der Waals surface area contributed by atoms with Crippen molar-refractivity contribution in [2.24, 2.45) is 5.92 Å². The SMILES string of the molecule is CC[C@H](C)[C@H](NC(=O)OCC1c2ccccc2-c2ccccc21)C(=O)NC(C(=O)O)c1cccs1. The van der Waals surface area contributed by atoms with Crippen molar-refractivity contribution >= 4 is 29.3 Å². The molecule has 2 aromatic carbocycles. The molecular weight excluding hydrogens is 464 g/mol. The second-order valence-electron chi connectivity index (χ2n) is 8.63. The smallest absolute Gasteiger partial charge is 0.407 e. The summed E-state index contributed by atoms with van der Waals surface area (Å²) in [5.41, 5.74) is 4.44. The van der Waals surface area contributed by atoms with E-state index in [1.54, 1.807) is 17.5 Å². The molecule has 8 heteroatoms. The van der Waals surface area contributed by atoms with Crippen molar-refractivity contribution in [1.82, 2.24) is 10.6 Å². The largest absolute Gasteiger partial charge is 0.479 e. The van der Waals surface area contributed by atoms with Crippen LogP contribution in [0.1, 0.15) is 48.2 Å². The zero-order valence-electron chi connectivity index (χ0n) is 19.6. The number of thiophene rings is 1. The van der Waals surface area contributed by atoms with Crippen LogP contribution >= 0.6 is 11.3 Å². The monoisotopic (exact) mass is 492 g/mol. The summed E-state index contributed by atoms with van der Waals surface area (Å²) in [4.78, 5) is 38.1. The average Bonchev–Trinajstić information content (AvgIpc) is 3.50. The summed E-state index contributed by atoms with van der Waals surface area (Å²) in [5.74, 6) is -2.05. The van der Waals surface area contributed by atoms with Crippen LogP contribution in [0, 0.1) is 5.92 Å². The van der Waals surface area contributed by atoms with Gasteiger partial charge in [0.25, 0.3) is 0 Å². The van der Waals surface area contributed by atoms with Gasteiger partial charge in [-0.2, -0.15) is 0 Å². The number of nitrogens with one attached hydrogen (secondary N) is 2. The summed E-state index contributed by atoms with van der Waals surface area (Å²) in [6.45, 7) is 3.86. The number of carbonyl (C=O) groups is 3. The number of carboxylic acids is 1. The zero-order valence-corrected chi connectivity index (χ0v) is 20.4. The van der Waals surface area contributed by atoms with E-state index in [0.29, 0.717) is 11.3 Å². The number of rotatable bonds is 9. The van der Waals surface area contributed by atoms with Crippen LogP contribution in [0.4, 0.5) is 4.79 Å². The quantitative estimate of drug-likeness (QED) is 0.392. The summed E-state index contributed by atoms with van der Waals surface area (Å²) in [6.07, 6.45) is -0.103. The van der Waals surface area contributed by atoms with Crippen LogP contribution in [0.2, 0.25) is 0 Å². The Morgan fingerprint density at radius 1 is 0.971 bits per heavy atom. The van der Waals surface area contributed by atoms with E-state index in [0.717, 1.165) is 22.3 Å². The van der Waals surface area contributed by atoms with E-state index >= 15 is 0 Å². The first kappa shape index (κ1) is 24.5. The molecule has 1 aliphatic rings. The van der Waals surface area contributed by atoms with Crippen molar-refractivity contribution in [3.05, 3.63) is 82.0 Å². The normalized spacial score (nSPS) is 14.8. The molecule has 0 spiro atoms. The van der Waals surface area contributed by atoms with Gasteiger partial charge in [0.05, 0.1) is 0 Å². The molecule has 182 valence electrons. The number of ether oxygens (including phenoxy) is 1. The number of alkyl carbamates (subject to hydrolysis) is 1. The highest BCUT2D eigenvalue weighted by molar-refractivity contribution is 7.10. The fourth-order valence-electron chi connectivity index (χ4n) is 4.41. The summed E-state index contributed by atoms with van der Waals surface area (Å²) in [6, 6.07) is 17.4. The van der Waals surface area contributed by atoms with Gasteiger partial charge in [-0.1, -0.05) is 74.9 Å². The molecule has 0 saturated carbocycles. The molecule has 3 N–H and O–H groups in total. The standard InChI is InChI=1S/C27H28N2O5S/c1-3-16(2)23(25(30)28-24(26(31)32)22-13-8-14-35-22)29-27(33)34-15-21-19-11-6-4-9-17(19)18-10-5-7-12-20(18)21/h4-14,16,21,23-24H,3,15H2,1-2H3,(H,28,30)(H,29,33)(H,31,32)/t16-,23-,24?/m0/s1. The molecule has 3 aromatic rings. The lowest BCUT2D eigenvalue weighted by Crippen LogP contribution is -2.52. The number of carbonyl (C=O) groups excluding carboxylic acids is 2. The van der Waals surface area contributed by atoms with E-state index in [-0.39, 0.29) is 18.4 Å². The maximum atomic E-state index is 13.0. The van der Waals surface area contributed by atoms with E-state index in [2.05, 4.69) is 22.8 Å². The maximum Gasteiger partial charge on any atom is 0.407 e.